The molecule has 0 radical (unpaired) electrons. The van der Waals surface area contributed by atoms with Crippen molar-refractivity contribution >= 4 is 47.2 Å². The first-order chi connectivity index (χ1) is 15.5. The molecule has 1 unspecified atom stereocenters. The molecule has 1 aromatic carbocycles. The van der Waals surface area contributed by atoms with E-state index in [-0.39, 0.29) is 10.8 Å². The zero-order chi connectivity index (χ0) is 24.1. The van der Waals surface area contributed by atoms with Crippen molar-refractivity contribution in [2.45, 2.75) is 36.4 Å². The summed E-state index contributed by atoms with van der Waals surface area (Å²) in [4.78, 5) is 19.5. The lowest BCUT2D eigenvalue weighted by Gasteiger charge is -2.43. The number of nitrogens with one attached hydrogen (secondary N) is 1. The average Bonchev–Trinajstić information content (AvgIpc) is 2.98. The van der Waals surface area contributed by atoms with Gasteiger partial charge in [0.25, 0.3) is 5.91 Å². The fourth-order valence-corrected chi connectivity index (χ4v) is 4.80. The second-order valence-corrected chi connectivity index (χ2v) is 8.62. The van der Waals surface area contributed by atoms with Crippen LogP contribution in [0, 0.1) is 17.1 Å². The third-order valence-electron chi connectivity index (χ3n) is 5.95. The maximum Gasteiger partial charge on any atom is 0.419 e. The minimum absolute atomic E-state index is 0.0810. The molecule has 1 spiro atoms. The molecule has 2 aromatic rings. The molecular weight excluding hydrogens is 478 g/mol. The summed E-state index contributed by atoms with van der Waals surface area (Å²) in [5.74, 6) is -1.07. The number of benzene rings is 1. The highest BCUT2D eigenvalue weighted by Crippen LogP contribution is 2.48. The van der Waals surface area contributed by atoms with Crippen LogP contribution in [-0.2, 0) is 11.0 Å². The first-order valence-corrected chi connectivity index (χ1v) is 10.8. The summed E-state index contributed by atoms with van der Waals surface area (Å²) < 4.78 is 55.2. The average molecular weight is 496 g/mol. The Morgan fingerprint density at radius 2 is 2.00 bits per heavy atom. The van der Waals surface area contributed by atoms with Crippen LogP contribution in [0.1, 0.15) is 41.5 Å². The van der Waals surface area contributed by atoms with Crippen LogP contribution in [-0.4, -0.2) is 28.6 Å². The van der Waals surface area contributed by atoms with Gasteiger partial charge in [-0.15, -0.1) is 0 Å². The van der Waals surface area contributed by atoms with Crippen LogP contribution in [0.3, 0.4) is 0 Å². The van der Waals surface area contributed by atoms with E-state index < -0.39 is 40.1 Å². The molecule has 1 saturated carbocycles. The van der Waals surface area contributed by atoms with Gasteiger partial charge in [-0.2, -0.15) is 31.1 Å². The fraction of sp³-hybridized carbons (Fsp3) is 0.333. The molecule has 1 aliphatic carbocycles. The van der Waals surface area contributed by atoms with Crippen LogP contribution in [0.15, 0.2) is 30.5 Å². The third kappa shape index (κ3) is 3.64. The standard InChI is InChI=1S/C21H17F4N5OS2/c1-27-17(32)13-4-3-11(8-15(13)22)30-19(33)29(18(31)20(30)5-2-6-20)12-7-14(21(23,24)25)16(9-26)28-10-12/h3-4,7-8,10,17,27,32H,2,5-6H2,1H3. The zero-order valence-electron chi connectivity index (χ0n) is 17.1. The van der Waals surface area contributed by atoms with Gasteiger partial charge in [0.1, 0.15) is 17.4 Å². The normalized spacial score (nSPS) is 18.5. The molecule has 33 heavy (non-hydrogen) atoms. The Balaban J connectivity index is 1.79. The predicted octanol–water partition coefficient (Wildman–Crippen LogP) is 4.32. The van der Waals surface area contributed by atoms with Crippen LogP contribution in [0.4, 0.5) is 28.9 Å². The van der Waals surface area contributed by atoms with Gasteiger partial charge < -0.3 is 10.2 Å². The second kappa shape index (κ2) is 8.23. The Bertz CT molecular complexity index is 1190. The number of pyridine rings is 1. The van der Waals surface area contributed by atoms with Gasteiger partial charge in [0, 0.05) is 11.3 Å². The highest BCUT2D eigenvalue weighted by Gasteiger charge is 2.59. The van der Waals surface area contributed by atoms with Gasteiger partial charge >= 0.3 is 6.18 Å². The number of thiocarbonyl (C=S) groups is 1. The van der Waals surface area contributed by atoms with E-state index in [1.54, 1.807) is 13.1 Å². The van der Waals surface area contributed by atoms with Crippen molar-refractivity contribution in [1.82, 2.24) is 10.3 Å². The Labute approximate surface area is 197 Å². The minimum Gasteiger partial charge on any atom is -0.305 e. The zero-order valence-corrected chi connectivity index (χ0v) is 18.9. The molecule has 6 nitrogen and oxygen atoms in total. The van der Waals surface area contributed by atoms with Gasteiger partial charge in [0.05, 0.1) is 22.8 Å². The van der Waals surface area contributed by atoms with Gasteiger partial charge in [-0.25, -0.2) is 9.37 Å². The van der Waals surface area contributed by atoms with Crippen LogP contribution in [0.2, 0.25) is 0 Å². The number of nitriles is 1. The van der Waals surface area contributed by atoms with E-state index in [2.05, 4.69) is 22.9 Å². The summed E-state index contributed by atoms with van der Waals surface area (Å²) in [6.45, 7) is 0. The molecule has 1 amide bonds. The maximum absolute atomic E-state index is 14.8. The Morgan fingerprint density at radius 1 is 1.30 bits per heavy atom. The number of aromatic nitrogens is 1. The largest absolute Gasteiger partial charge is 0.419 e. The number of alkyl halides is 3. The van der Waals surface area contributed by atoms with E-state index >= 15 is 0 Å². The molecule has 4 rings (SSSR count). The van der Waals surface area contributed by atoms with Crippen molar-refractivity contribution in [2.75, 3.05) is 16.8 Å². The number of thiol groups is 1. The van der Waals surface area contributed by atoms with E-state index in [0.29, 0.717) is 36.6 Å². The molecule has 172 valence electrons. The molecular formula is C21H17F4N5OS2. The molecule has 0 bridgehead atoms. The van der Waals surface area contributed by atoms with Crippen molar-refractivity contribution < 1.29 is 22.4 Å². The van der Waals surface area contributed by atoms with Gasteiger partial charge in [-0.05, 0) is 56.7 Å². The van der Waals surface area contributed by atoms with Crippen molar-refractivity contribution in [3.8, 4) is 6.07 Å². The first-order valence-electron chi connectivity index (χ1n) is 9.86. The summed E-state index contributed by atoms with van der Waals surface area (Å²) in [6.07, 6.45) is -2.31. The molecule has 12 heteroatoms. The van der Waals surface area contributed by atoms with Crippen molar-refractivity contribution in [3.05, 3.63) is 53.1 Å². The minimum atomic E-state index is -4.85. The van der Waals surface area contributed by atoms with Gasteiger partial charge in [-0.1, -0.05) is 6.07 Å². The van der Waals surface area contributed by atoms with E-state index in [4.69, 9.17) is 17.5 Å². The molecule has 1 aliphatic heterocycles. The van der Waals surface area contributed by atoms with Crippen LogP contribution < -0.4 is 15.1 Å². The summed E-state index contributed by atoms with van der Waals surface area (Å²) in [6, 6.07) is 6.45. The van der Waals surface area contributed by atoms with Crippen molar-refractivity contribution in [3.63, 3.8) is 0 Å². The van der Waals surface area contributed by atoms with E-state index in [0.717, 1.165) is 11.1 Å². The number of anilines is 2. The monoisotopic (exact) mass is 495 g/mol. The second-order valence-electron chi connectivity index (χ2n) is 7.74. The van der Waals surface area contributed by atoms with Crippen LogP contribution in [0.25, 0.3) is 0 Å². The predicted molar refractivity (Wildman–Crippen MR) is 120 cm³/mol. The van der Waals surface area contributed by atoms with Gasteiger partial charge in [-0.3, -0.25) is 9.69 Å². The number of halogens is 4. The van der Waals surface area contributed by atoms with Gasteiger partial charge in [0.15, 0.2) is 10.8 Å². The number of hydrogen-bond donors (Lipinski definition) is 2. The van der Waals surface area contributed by atoms with Crippen LogP contribution >= 0.6 is 24.8 Å². The van der Waals surface area contributed by atoms with E-state index in [1.807, 2.05) is 0 Å². The number of amides is 1. The molecule has 1 N–H and O–H groups in total. The Morgan fingerprint density at radius 3 is 2.52 bits per heavy atom. The molecule has 1 atom stereocenters. The topological polar surface area (TPSA) is 72.3 Å². The highest BCUT2D eigenvalue weighted by atomic mass is 32.1. The van der Waals surface area contributed by atoms with Crippen molar-refractivity contribution in [1.29, 1.82) is 5.26 Å². The van der Waals surface area contributed by atoms with Crippen LogP contribution in [0.5, 0.6) is 0 Å². The van der Waals surface area contributed by atoms with Crippen molar-refractivity contribution in [2.24, 2.45) is 0 Å². The lowest BCUT2D eigenvalue weighted by atomic mass is 9.75. The Kier molecular flexibility index (Phi) is 5.84. The summed E-state index contributed by atoms with van der Waals surface area (Å²) in [7, 11) is 1.63. The molecule has 2 fully saturated rings. The Hall–Kier alpha value is -2.75. The van der Waals surface area contributed by atoms with E-state index in [9.17, 15) is 22.4 Å². The number of nitrogens with zero attached hydrogens (tertiary/aromatic N) is 4. The molecule has 2 heterocycles. The molecule has 2 aliphatic rings. The number of carbonyl (C=O) groups is 1. The molecule has 1 saturated heterocycles. The smallest absolute Gasteiger partial charge is 0.305 e. The third-order valence-corrected chi connectivity index (χ3v) is 6.85. The van der Waals surface area contributed by atoms with Gasteiger partial charge in [0.2, 0.25) is 0 Å². The summed E-state index contributed by atoms with van der Waals surface area (Å²) in [5, 5.41) is 11.2. The fourth-order valence-electron chi connectivity index (χ4n) is 4.12. The highest BCUT2D eigenvalue weighted by molar-refractivity contribution is 7.81. The molecule has 1 aromatic heterocycles. The SMILES string of the molecule is CNC(S)c1ccc(N2C(=S)N(c3cnc(C#N)c(C(F)(F)F)c3)C(=O)C23CCC3)cc1F. The summed E-state index contributed by atoms with van der Waals surface area (Å²) in [5.41, 5.74) is -2.77. The first kappa shape index (κ1) is 23.4. The lowest BCUT2D eigenvalue weighted by molar-refractivity contribution is -0.138. The lowest BCUT2D eigenvalue weighted by Crippen LogP contribution is -2.55. The maximum atomic E-state index is 14.8. The number of hydrogen-bond acceptors (Lipinski definition) is 6. The number of rotatable bonds is 4. The number of carbonyl (C=O) groups excluding carboxylic acids is 1. The van der Waals surface area contributed by atoms with E-state index in [1.165, 1.54) is 23.1 Å². The quantitative estimate of drug-likeness (QED) is 0.285. The summed E-state index contributed by atoms with van der Waals surface area (Å²) >= 11 is 9.77.